The van der Waals surface area contributed by atoms with Crippen LogP contribution in [0.15, 0.2) is 47.7 Å². The highest BCUT2D eigenvalue weighted by Crippen LogP contribution is 2.36. The van der Waals surface area contributed by atoms with Gasteiger partial charge in [-0.25, -0.2) is 4.98 Å². The second kappa shape index (κ2) is 7.46. The first-order chi connectivity index (χ1) is 14.2. The molecule has 2 N–H and O–H groups in total. The van der Waals surface area contributed by atoms with E-state index in [0.717, 1.165) is 49.6 Å². The van der Waals surface area contributed by atoms with Crippen molar-refractivity contribution in [2.75, 3.05) is 23.7 Å². The Morgan fingerprint density at radius 3 is 2.79 bits per heavy atom. The van der Waals surface area contributed by atoms with Crippen LogP contribution in [0.4, 0.5) is 11.5 Å². The molecule has 5 rings (SSSR count). The summed E-state index contributed by atoms with van der Waals surface area (Å²) in [5, 5.41) is 7.21. The molecule has 0 radical (unpaired) electrons. The second-order valence-corrected chi connectivity index (χ2v) is 8.19. The topological polar surface area (TPSA) is 82.5 Å². The number of aromatic nitrogens is 2. The Labute approximate surface area is 170 Å². The van der Waals surface area contributed by atoms with Gasteiger partial charge in [0, 0.05) is 18.9 Å². The maximum Gasteiger partial charge on any atom is 0.272 e. The van der Waals surface area contributed by atoms with Crippen molar-refractivity contribution in [1.82, 2.24) is 14.9 Å². The molecule has 2 aliphatic heterocycles. The number of fused-ring (bicyclic) bond motifs is 1. The molecule has 4 heterocycles. The fraction of sp³-hybridized carbons (Fsp3) is 0.455. The van der Waals surface area contributed by atoms with Gasteiger partial charge in [-0.2, -0.15) is 0 Å². The number of carbonyl (C=O) groups excluding carboxylic acids is 1. The van der Waals surface area contributed by atoms with Crippen LogP contribution >= 0.6 is 0 Å². The zero-order valence-corrected chi connectivity index (χ0v) is 16.5. The van der Waals surface area contributed by atoms with Gasteiger partial charge in [-0.05, 0) is 49.9 Å². The Balaban J connectivity index is 1.48. The summed E-state index contributed by atoms with van der Waals surface area (Å²) in [6, 6.07) is 9.78. The minimum atomic E-state index is -0.415. The molecule has 7 nitrogen and oxygen atoms in total. The molecular formula is C22H26N6O. The molecule has 0 aromatic carbocycles. The van der Waals surface area contributed by atoms with Gasteiger partial charge in [0.15, 0.2) is 5.82 Å². The average Bonchev–Trinajstić information content (AvgIpc) is 3.28. The van der Waals surface area contributed by atoms with Gasteiger partial charge in [0.05, 0.1) is 18.3 Å². The van der Waals surface area contributed by atoms with Gasteiger partial charge in [-0.1, -0.05) is 18.9 Å². The van der Waals surface area contributed by atoms with Crippen molar-refractivity contribution in [2.45, 2.75) is 50.1 Å². The van der Waals surface area contributed by atoms with E-state index in [9.17, 15) is 4.79 Å². The van der Waals surface area contributed by atoms with Gasteiger partial charge >= 0.3 is 0 Å². The number of nitrogens with one attached hydrogen (secondary N) is 2. The number of carbonyl (C=O) groups is 1. The molecule has 0 bridgehead atoms. The van der Waals surface area contributed by atoms with Gasteiger partial charge in [-0.15, -0.1) is 0 Å². The molecule has 3 aliphatic rings. The normalized spacial score (nSPS) is 25.5. The van der Waals surface area contributed by atoms with Crippen molar-refractivity contribution in [3.8, 4) is 0 Å². The van der Waals surface area contributed by atoms with Crippen LogP contribution in [0.3, 0.4) is 0 Å². The van der Waals surface area contributed by atoms with Crippen LogP contribution in [-0.4, -0.2) is 51.3 Å². The van der Waals surface area contributed by atoms with E-state index in [1.165, 1.54) is 12.8 Å². The maximum absolute atomic E-state index is 13.1. The Bertz CT molecular complexity index is 924. The van der Waals surface area contributed by atoms with E-state index < -0.39 is 5.54 Å². The van der Waals surface area contributed by atoms with Crippen molar-refractivity contribution in [1.29, 1.82) is 0 Å². The van der Waals surface area contributed by atoms with Crippen LogP contribution < -0.4 is 10.6 Å². The van der Waals surface area contributed by atoms with Crippen LogP contribution in [-0.2, 0) is 0 Å². The van der Waals surface area contributed by atoms with E-state index in [1.807, 2.05) is 29.2 Å². The van der Waals surface area contributed by atoms with E-state index in [1.54, 1.807) is 18.5 Å². The minimum absolute atomic E-state index is 0.0244. The number of nitrogens with zero attached hydrogens (tertiary/aromatic N) is 4. The SMILES string of the molecule is O=C(c1ccccn1)N1CCCC2(C1)Nc1cccnc1NC2=NC1CCCC1. The molecule has 1 amide bonds. The van der Waals surface area contributed by atoms with Crippen LogP contribution in [0.5, 0.6) is 0 Å². The number of pyridine rings is 2. The van der Waals surface area contributed by atoms with Crippen LogP contribution in [0.1, 0.15) is 49.0 Å². The van der Waals surface area contributed by atoms with Crippen molar-refractivity contribution < 1.29 is 4.79 Å². The van der Waals surface area contributed by atoms with Crippen LogP contribution in [0, 0.1) is 0 Å². The molecule has 7 heteroatoms. The van der Waals surface area contributed by atoms with Crippen molar-refractivity contribution in [2.24, 2.45) is 4.99 Å². The highest BCUT2D eigenvalue weighted by molar-refractivity contribution is 6.09. The minimum Gasteiger partial charge on any atom is -0.368 e. The van der Waals surface area contributed by atoms with E-state index in [-0.39, 0.29) is 5.91 Å². The van der Waals surface area contributed by atoms with E-state index in [2.05, 4.69) is 20.6 Å². The molecule has 1 aliphatic carbocycles. The number of piperidine rings is 1. The van der Waals surface area contributed by atoms with E-state index in [0.29, 0.717) is 18.3 Å². The van der Waals surface area contributed by atoms with Gasteiger partial charge in [-0.3, -0.25) is 14.8 Å². The van der Waals surface area contributed by atoms with Gasteiger partial charge in [0.2, 0.25) is 0 Å². The number of hydrogen-bond donors (Lipinski definition) is 2. The maximum atomic E-state index is 13.1. The molecule has 1 unspecified atom stereocenters. The summed E-state index contributed by atoms with van der Waals surface area (Å²) < 4.78 is 0. The zero-order valence-electron chi connectivity index (χ0n) is 16.5. The largest absolute Gasteiger partial charge is 0.368 e. The lowest BCUT2D eigenvalue weighted by Gasteiger charge is -2.47. The molecule has 1 spiro atoms. The van der Waals surface area contributed by atoms with Gasteiger partial charge < -0.3 is 15.5 Å². The number of aliphatic imine (C=N–C) groups is 1. The first-order valence-electron chi connectivity index (χ1n) is 10.5. The summed E-state index contributed by atoms with van der Waals surface area (Å²) in [5.74, 6) is 1.71. The van der Waals surface area contributed by atoms with Crippen LogP contribution in [0.25, 0.3) is 0 Å². The molecule has 150 valence electrons. The summed E-state index contributed by atoms with van der Waals surface area (Å²) in [4.78, 5) is 28.9. The summed E-state index contributed by atoms with van der Waals surface area (Å²) in [7, 11) is 0. The quantitative estimate of drug-likeness (QED) is 0.822. The summed E-state index contributed by atoms with van der Waals surface area (Å²) in [5.41, 5.74) is 1.04. The summed E-state index contributed by atoms with van der Waals surface area (Å²) in [6.45, 7) is 1.30. The smallest absolute Gasteiger partial charge is 0.272 e. The molecule has 1 atom stereocenters. The number of rotatable bonds is 2. The number of amides is 1. The molecule has 2 aromatic rings. The summed E-state index contributed by atoms with van der Waals surface area (Å²) in [6.07, 6.45) is 10.0. The van der Waals surface area contributed by atoms with Crippen molar-refractivity contribution >= 4 is 23.2 Å². The number of hydrogen-bond acceptors (Lipinski definition) is 5. The Kier molecular flexibility index (Phi) is 4.66. The Hall–Kier alpha value is -2.96. The van der Waals surface area contributed by atoms with Gasteiger partial charge in [0.25, 0.3) is 5.91 Å². The molecule has 1 saturated carbocycles. The fourth-order valence-corrected chi connectivity index (χ4v) is 4.70. The standard InChI is InChI=1S/C22H26N6O/c29-20(18-9-3-4-12-23-18)28-14-6-11-22(15-28)21(25-16-7-1-2-8-16)26-19-17(27-22)10-5-13-24-19/h3-5,9-10,12-13,16,27H,1-2,6-8,11,14-15H2,(H,24,25,26). The molecule has 2 fully saturated rings. The highest BCUT2D eigenvalue weighted by Gasteiger charge is 2.45. The number of amidine groups is 1. The third kappa shape index (κ3) is 3.45. The lowest BCUT2D eigenvalue weighted by molar-refractivity contribution is 0.0688. The fourth-order valence-electron chi connectivity index (χ4n) is 4.70. The highest BCUT2D eigenvalue weighted by atomic mass is 16.2. The van der Waals surface area contributed by atoms with Gasteiger partial charge in [0.1, 0.15) is 17.1 Å². The number of anilines is 2. The molecule has 2 aromatic heterocycles. The third-order valence-electron chi connectivity index (χ3n) is 6.17. The molecule has 1 saturated heterocycles. The second-order valence-electron chi connectivity index (χ2n) is 8.19. The van der Waals surface area contributed by atoms with Crippen molar-refractivity contribution in [3.05, 3.63) is 48.4 Å². The van der Waals surface area contributed by atoms with Crippen LogP contribution in [0.2, 0.25) is 0 Å². The van der Waals surface area contributed by atoms with Crippen molar-refractivity contribution in [3.63, 3.8) is 0 Å². The third-order valence-corrected chi connectivity index (χ3v) is 6.17. The average molecular weight is 390 g/mol. The van der Waals surface area contributed by atoms with E-state index >= 15 is 0 Å². The zero-order chi connectivity index (χ0) is 19.7. The predicted molar refractivity (Wildman–Crippen MR) is 113 cm³/mol. The first kappa shape index (κ1) is 18.1. The lowest BCUT2D eigenvalue weighted by Crippen LogP contribution is -2.62. The van der Waals surface area contributed by atoms with E-state index in [4.69, 9.17) is 4.99 Å². The summed E-state index contributed by atoms with van der Waals surface area (Å²) >= 11 is 0. The predicted octanol–water partition coefficient (Wildman–Crippen LogP) is 3.33. The molecule has 29 heavy (non-hydrogen) atoms. The monoisotopic (exact) mass is 390 g/mol. The first-order valence-corrected chi connectivity index (χ1v) is 10.5. The lowest BCUT2D eigenvalue weighted by atomic mass is 9.85. The molecular weight excluding hydrogens is 364 g/mol. The Morgan fingerprint density at radius 1 is 1.10 bits per heavy atom. The number of likely N-dealkylation sites (tertiary alicyclic amines) is 1. The Morgan fingerprint density at radius 2 is 1.97 bits per heavy atom.